The second-order valence-corrected chi connectivity index (χ2v) is 4.52. The van der Waals surface area contributed by atoms with E-state index in [-0.39, 0.29) is 0 Å². The molecular formula is C15H16N4. The van der Waals surface area contributed by atoms with E-state index in [1.165, 1.54) is 0 Å². The number of aryl methyl sites for hydroxylation is 1. The van der Waals surface area contributed by atoms with Crippen molar-refractivity contribution in [1.29, 1.82) is 0 Å². The van der Waals surface area contributed by atoms with Crippen molar-refractivity contribution in [1.82, 2.24) is 14.5 Å². The molecule has 0 amide bonds. The quantitative estimate of drug-likeness (QED) is 0.779. The van der Waals surface area contributed by atoms with Gasteiger partial charge in [-0.3, -0.25) is 4.98 Å². The van der Waals surface area contributed by atoms with Crippen LogP contribution in [0.15, 0.2) is 42.6 Å². The summed E-state index contributed by atoms with van der Waals surface area (Å²) in [5.74, 6) is 0.848. The molecule has 0 aliphatic rings. The molecule has 0 fully saturated rings. The number of hydrogen-bond acceptors (Lipinski definition) is 3. The van der Waals surface area contributed by atoms with Crippen LogP contribution in [0.2, 0.25) is 0 Å². The van der Waals surface area contributed by atoms with Gasteiger partial charge in [-0.15, -0.1) is 0 Å². The second-order valence-electron chi connectivity index (χ2n) is 4.52. The van der Waals surface area contributed by atoms with Crippen LogP contribution in [-0.4, -0.2) is 14.5 Å². The topological polar surface area (TPSA) is 56.7 Å². The lowest BCUT2D eigenvalue weighted by molar-refractivity contribution is 0.703. The van der Waals surface area contributed by atoms with E-state index >= 15 is 0 Å². The summed E-state index contributed by atoms with van der Waals surface area (Å²) in [7, 11) is 0. The Morgan fingerprint density at radius 2 is 2.00 bits per heavy atom. The Labute approximate surface area is 111 Å². The largest absolute Gasteiger partial charge is 0.397 e. The molecule has 96 valence electrons. The number of rotatable bonds is 3. The highest BCUT2D eigenvalue weighted by Gasteiger charge is 2.14. The summed E-state index contributed by atoms with van der Waals surface area (Å²) >= 11 is 0. The first-order chi connectivity index (χ1) is 9.31. The Morgan fingerprint density at radius 1 is 1.16 bits per heavy atom. The lowest BCUT2D eigenvalue weighted by Crippen LogP contribution is -2.03. The molecule has 0 aliphatic heterocycles. The maximum absolute atomic E-state index is 6.02. The van der Waals surface area contributed by atoms with Gasteiger partial charge in [-0.1, -0.05) is 19.1 Å². The average molecular weight is 252 g/mol. The molecule has 2 heterocycles. The van der Waals surface area contributed by atoms with E-state index in [9.17, 15) is 0 Å². The smallest absolute Gasteiger partial charge is 0.161 e. The van der Waals surface area contributed by atoms with E-state index in [4.69, 9.17) is 5.73 Å². The first kappa shape index (κ1) is 11.7. The number of aromatic nitrogens is 3. The van der Waals surface area contributed by atoms with E-state index in [2.05, 4.69) is 27.5 Å². The van der Waals surface area contributed by atoms with Crippen LogP contribution < -0.4 is 5.73 Å². The Balaban J connectivity index is 2.28. The predicted molar refractivity (Wildman–Crippen MR) is 77.7 cm³/mol. The van der Waals surface area contributed by atoms with Crippen molar-refractivity contribution in [2.24, 2.45) is 0 Å². The summed E-state index contributed by atoms with van der Waals surface area (Å²) in [4.78, 5) is 9.06. The molecule has 0 atom stereocenters. The number of nitrogen functional groups attached to an aromatic ring is 1. The molecule has 3 aromatic rings. The van der Waals surface area contributed by atoms with E-state index in [1.54, 1.807) is 6.20 Å². The average Bonchev–Trinajstić information content (AvgIpc) is 2.79. The highest BCUT2D eigenvalue weighted by molar-refractivity contribution is 5.82. The molecule has 0 radical (unpaired) electrons. The molecule has 2 N–H and O–H groups in total. The summed E-state index contributed by atoms with van der Waals surface area (Å²) < 4.78 is 2.19. The fourth-order valence-corrected chi connectivity index (χ4v) is 2.31. The molecule has 3 rings (SSSR count). The molecule has 2 aromatic heterocycles. The monoisotopic (exact) mass is 252 g/mol. The van der Waals surface area contributed by atoms with Gasteiger partial charge in [0, 0.05) is 12.7 Å². The minimum atomic E-state index is 0.662. The predicted octanol–water partition coefficient (Wildman–Crippen LogP) is 3.09. The van der Waals surface area contributed by atoms with Crippen LogP contribution in [-0.2, 0) is 6.54 Å². The molecular weight excluding hydrogens is 236 g/mol. The Kier molecular flexibility index (Phi) is 2.91. The van der Waals surface area contributed by atoms with Gasteiger partial charge in [0.15, 0.2) is 5.82 Å². The van der Waals surface area contributed by atoms with E-state index in [1.807, 2.05) is 30.3 Å². The van der Waals surface area contributed by atoms with Gasteiger partial charge in [0.25, 0.3) is 0 Å². The Hall–Kier alpha value is -2.36. The molecule has 0 unspecified atom stereocenters. The molecule has 0 saturated carbocycles. The van der Waals surface area contributed by atoms with Gasteiger partial charge in [-0.25, -0.2) is 4.98 Å². The third-order valence-electron chi connectivity index (χ3n) is 3.15. The summed E-state index contributed by atoms with van der Waals surface area (Å²) in [6, 6.07) is 11.8. The maximum atomic E-state index is 6.02. The zero-order valence-corrected chi connectivity index (χ0v) is 10.9. The number of fused-ring (bicyclic) bond motifs is 1. The van der Waals surface area contributed by atoms with Gasteiger partial charge in [0.1, 0.15) is 5.69 Å². The number of nitrogens with zero attached hydrogens (tertiary/aromatic N) is 3. The normalized spacial score (nSPS) is 11.0. The van der Waals surface area contributed by atoms with Crippen molar-refractivity contribution < 1.29 is 0 Å². The highest BCUT2D eigenvalue weighted by Crippen LogP contribution is 2.27. The standard InChI is InChI=1S/C15H16N4/c1-2-10-19-13-8-4-3-7-12(13)18-15(19)14-11(16)6-5-9-17-14/h3-9H,2,10,16H2,1H3. The number of anilines is 1. The first-order valence-electron chi connectivity index (χ1n) is 6.47. The zero-order chi connectivity index (χ0) is 13.2. The molecule has 0 bridgehead atoms. The molecule has 0 aliphatic carbocycles. The third-order valence-corrected chi connectivity index (χ3v) is 3.15. The van der Waals surface area contributed by atoms with Crippen molar-refractivity contribution in [3.05, 3.63) is 42.6 Å². The summed E-state index contributed by atoms with van der Waals surface area (Å²) in [6.45, 7) is 3.06. The van der Waals surface area contributed by atoms with Crippen molar-refractivity contribution in [2.75, 3.05) is 5.73 Å². The number of nitrogens with two attached hydrogens (primary N) is 1. The zero-order valence-electron chi connectivity index (χ0n) is 10.9. The van der Waals surface area contributed by atoms with Crippen molar-refractivity contribution in [2.45, 2.75) is 19.9 Å². The van der Waals surface area contributed by atoms with Crippen molar-refractivity contribution in [3.63, 3.8) is 0 Å². The van der Waals surface area contributed by atoms with E-state index < -0.39 is 0 Å². The molecule has 4 nitrogen and oxygen atoms in total. The van der Waals surface area contributed by atoms with E-state index in [0.29, 0.717) is 5.69 Å². The van der Waals surface area contributed by atoms with Gasteiger partial charge < -0.3 is 10.3 Å². The number of pyridine rings is 1. The van der Waals surface area contributed by atoms with Crippen LogP contribution in [0.3, 0.4) is 0 Å². The van der Waals surface area contributed by atoms with Crippen LogP contribution in [0.25, 0.3) is 22.6 Å². The SMILES string of the molecule is CCCn1c(-c2ncccc2N)nc2ccccc21. The minimum absolute atomic E-state index is 0.662. The fourth-order valence-electron chi connectivity index (χ4n) is 2.31. The third kappa shape index (κ3) is 1.95. The number of para-hydroxylation sites is 2. The lowest BCUT2D eigenvalue weighted by atomic mass is 10.3. The molecule has 19 heavy (non-hydrogen) atoms. The summed E-state index contributed by atoms with van der Waals surface area (Å²) in [6.07, 6.45) is 2.79. The van der Waals surface area contributed by atoms with Crippen LogP contribution >= 0.6 is 0 Å². The van der Waals surface area contributed by atoms with Gasteiger partial charge in [-0.2, -0.15) is 0 Å². The van der Waals surface area contributed by atoms with Crippen LogP contribution in [0.5, 0.6) is 0 Å². The van der Waals surface area contributed by atoms with Gasteiger partial charge in [0.05, 0.1) is 16.7 Å². The van der Waals surface area contributed by atoms with Gasteiger partial charge in [-0.05, 0) is 30.7 Å². The highest BCUT2D eigenvalue weighted by atomic mass is 15.1. The van der Waals surface area contributed by atoms with Crippen LogP contribution in [0.1, 0.15) is 13.3 Å². The molecule has 0 spiro atoms. The number of hydrogen-bond donors (Lipinski definition) is 1. The van der Waals surface area contributed by atoms with Crippen molar-refractivity contribution >= 4 is 16.7 Å². The first-order valence-corrected chi connectivity index (χ1v) is 6.47. The molecule has 0 saturated heterocycles. The van der Waals surface area contributed by atoms with Crippen LogP contribution in [0, 0.1) is 0 Å². The van der Waals surface area contributed by atoms with Gasteiger partial charge >= 0.3 is 0 Å². The molecule has 1 aromatic carbocycles. The fraction of sp³-hybridized carbons (Fsp3) is 0.200. The second kappa shape index (κ2) is 4.72. The Bertz CT molecular complexity index is 715. The summed E-state index contributed by atoms with van der Waals surface area (Å²) in [5.41, 5.74) is 9.55. The number of benzene rings is 1. The molecule has 4 heteroatoms. The van der Waals surface area contributed by atoms with Crippen molar-refractivity contribution in [3.8, 4) is 11.5 Å². The lowest BCUT2D eigenvalue weighted by Gasteiger charge is -2.08. The minimum Gasteiger partial charge on any atom is -0.397 e. The Morgan fingerprint density at radius 3 is 2.79 bits per heavy atom. The van der Waals surface area contributed by atoms with Gasteiger partial charge in [0.2, 0.25) is 0 Å². The van der Waals surface area contributed by atoms with E-state index in [0.717, 1.165) is 35.5 Å². The maximum Gasteiger partial charge on any atom is 0.161 e. The number of imidazole rings is 1. The summed E-state index contributed by atoms with van der Waals surface area (Å²) in [5, 5.41) is 0. The van der Waals surface area contributed by atoms with Crippen LogP contribution in [0.4, 0.5) is 5.69 Å².